The van der Waals surface area contributed by atoms with Crippen molar-refractivity contribution in [3.8, 4) is 11.4 Å². The first-order chi connectivity index (χ1) is 9.15. The number of hydrogen-bond acceptors (Lipinski definition) is 5. The zero-order valence-electron chi connectivity index (χ0n) is 10.2. The zero-order valence-corrected chi connectivity index (χ0v) is 11.0. The number of halogens is 3. The third-order valence-electron chi connectivity index (χ3n) is 2.30. The van der Waals surface area contributed by atoms with E-state index in [1.165, 1.54) is 12.1 Å². The van der Waals surface area contributed by atoms with E-state index in [0.717, 1.165) is 18.4 Å². The monoisotopic (exact) mass is 306 g/mol. The first-order valence-corrected chi connectivity index (χ1v) is 7.39. The van der Waals surface area contributed by atoms with E-state index < -0.39 is 27.3 Å². The highest BCUT2D eigenvalue weighted by molar-refractivity contribution is 7.89. The summed E-state index contributed by atoms with van der Waals surface area (Å²) in [6.45, 7) is 0. The van der Waals surface area contributed by atoms with Crippen LogP contribution in [-0.4, -0.2) is 24.8 Å². The quantitative estimate of drug-likeness (QED) is 0.870. The summed E-state index contributed by atoms with van der Waals surface area (Å²) < 4.78 is 64.5. The second-order valence-corrected chi connectivity index (χ2v) is 6.30. The maximum Gasteiger partial charge on any atom is 0.416 e. The second kappa shape index (κ2) is 4.89. The van der Waals surface area contributed by atoms with E-state index in [-0.39, 0.29) is 17.3 Å². The van der Waals surface area contributed by atoms with E-state index >= 15 is 0 Å². The molecule has 1 heterocycles. The topological polar surface area (TPSA) is 73.1 Å². The molecule has 0 amide bonds. The number of hydrogen-bond donors (Lipinski definition) is 0. The van der Waals surface area contributed by atoms with Crippen molar-refractivity contribution in [3.63, 3.8) is 0 Å². The minimum atomic E-state index is -4.48. The summed E-state index contributed by atoms with van der Waals surface area (Å²) in [5.74, 6) is -0.714. The molecule has 0 radical (unpaired) electrons. The molecule has 0 spiro atoms. The molecule has 0 saturated heterocycles. The lowest BCUT2D eigenvalue weighted by Crippen LogP contribution is -2.04. The predicted molar refractivity (Wildman–Crippen MR) is 63.3 cm³/mol. The Hall–Kier alpha value is -1.90. The molecule has 2 rings (SSSR count). The van der Waals surface area contributed by atoms with Crippen LogP contribution in [0, 0.1) is 0 Å². The lowest BCUT2D eigenvalue weighted by molar-refractivity contribution is -0.137. The Morgan fingerprint density at radius 2 is 2.00 bits per heavy atom. The molecular formula is C11H9F3N2O3S. The molecule has 0 saturated carbocycles. The average molecular weight is 306 g/mol. The summed E-state index contributed by atoms with van der Waals surface area (Å²) in [6, 6.07) is 4.38. The molecule has 108 valence electrons. The highest BCUT2D eigenvalue weighted by atomic mass is 32.2. The van der Waals surface area contributed by atoms with Crippen LogP contribution >= 0.6 is 0 Å². The van der Waals surface area contributed by atoms with Crippen molar-refractivity contribution in [2.75, 3.05) is 6.26 Å². The van der Waals surface area contributed by atoms with Gasteiger partial charge >= 0.3 is 6.18 Å². The number of aromatic nitrogens is 2. The molecule has 5 nitrogen and oxygen atoms in total. The Balaban J connectivity index is 2.33. The molecule has 9 heteroatoms. The van der Waals surface area contributed by atoms with Crippen LogP contribution in [0.2, 0.25) is 0 Å². The van der Waals surface area contributed by atoms with Crippen molar-refractivity contribution in [1.29, 1.82) is 0 Å². The summed E-state index contributed by atoms with van der Waals surface area (Å²) in [5, 5.41) is 3.48. The Kier molecular flexibility index (Phi) is 3.55. The fraction of sp³-hybridized carbons (Fsp3) is 0.273. The van der Waals surface area contributed by atoms with Crippen LogP contribution in [0.1, 0.15) is 11.5 Å². The van der Waals surface area contributed by atoms with Crippen molar-refractivity contribution in [2.24, 2.45) is 0 Å². The van der Waals surface area contributed by atoms with Gasteiger partial charge in [-0.15, -0.1) is 0 Å². The van der Waals surface area contributed by atoms with Crippen molar-refractivity contribution in [1.82, 2.24) is 10.1 Å². The van der Waals surface area contributed by atoms with Crippen LogP contribution < -0.4 is 0 Å². The highest BCUT2D eigenvalue weighted by Gasteiger charge is 2.30. The molecule has 0 atom stereocenters. The first-order valence-electron chi connectivity index (χ1n) is 5.33. The molecule has 1 aromatic carbocycles. The average Bonchev–Trinajstić information content (AvgIpc) is 2.74. The molecule has 0 aliphatic carbocycles. The van der Waals surface area contributed by atoms with Crippen molar-refractivity contribution in [3.05, 3.63) is 35.7 Å². The standard InChI is InChI=1S/C11H9F3N2O3S/c1-20(17,18)6-9-15-10(16-19-9)7-3-2-4-8(5-7)11(12,13)14/h2-5H,6H2,1H3. The van der Waals surface area contributed by atoms with Crippen LogP contribution in [0.15, 0.2) is 28.8 Å². The predicted octanol–water partition coefficient (Wildman–Crippen LogP) is 2.30. The zero-order chi connectivity index (χ0) is 15.0. The van der Waals surface area contributed by atoms with Crippen molar-refractivity contribution in [2.45, 2.75) is 11.9 Å². The van der Waals surface area contributed by atoms with Gasteiger partial charge in [-0.1, -0.05) is 17.3 Å². The van der Waals surface area contributed by atoms with Gasteiger partial charge in [-0.05, 0) is 12.1 Å². The normalized spacial score (nSPS) is 12.6. The highest BCUT2D eigenvalue weighted by Crippen LogP contribution is 2.31. The van der Waals surface area contributed by atoms with E-state index in [2.05, 4.69) is 10.1 Å². The molecule has 0 fully saturated rings. The number of benzene rings is 1. The second-order valence-electron chi connectivity index (χ2n) is 4.16. The largest absolute Gasteiger partial charge is 0.416 e. The number of nitrogens with zero attached hydrogens (tertiary/aromatic N) is 2. The van der Waals surface area contributed by atoms with Gasteiger partial charge in [0.05, 0.1) is 5.56 Å². The summed E-state index contributed by atoms with van der Waals surface area (Å²) in [4.78, 5) is 3.76. The minimum Gasteiger partial charge on any atom is -0.338 e. The van der Waals surface area contributed by atoms with Gasteiger partial charge in [0.25, 0.3) is 0 Å². The molecule has 0 aliphatic heterocycles. The van der Waals surface area contributed by atoms with E-state index in [1.807, 2.05) is 0 Å². The van der Waals surface area contributed by atoms with Gasteiger partial charge < -0.3 is 4.52 Å². The van der Waals surface area contributed by atoms with Crippen molar-refractivity contribution < 1.29 is 26.1 Å². The summed E-state index contributed by atoms with van der Waals surface area (Å²) >= 11 is 0. The van der Waals surface area contributed by atoms with Crippen LogP contribution in [-0.2, 0) is 21.8 Å². The summed E-state index contributed by atoms with van der Waals surface area (Å²) in [5.41, 5.74) is -0.743. The van der Waals surface area contributed by atoms with E-state index in [4.69, 9.17) is 4.52 Å². The lowest BCUT2D eigenvalue weighted by atomic mass is 10.1. The molecular weight excluding hydrogens is 297 g/mol. The van der Waals surface area contributed by atoms with Crippen LogP contribution in [0.5, 0.6) is 0 Å². The molecule has 1 aromatic heterocycles. The minimum absolute atomic E-state index is 0.0882. The van der Waals surface area contributed by atoms with Crippen LogP contribution in [0.25, 0.3) is 11.4 Å². The maximum atomic E-state index is 12.6. The first kappa shape index (κ1) is 14.5. The Morgan fingerprint density at radius 1 is 1.30 bits per heavy atom. The lowest BCUT2D eigenvalue weighted by Gasteiger charge is -2.06. The van der Waals surface area contributed by atoms with Crippen LogP contribution in [0.3, 0.4) is 0 Å². The van der Waals surface area contributed by atoms with E-state index in [1.54, 1.807) is 0 Å². The SMILES string of the molecule is CS(=O)(=O)Cc1nc(-c2cccc(C(F)(F)F)c2)no1. The Morgan fingerprint density at radius 3 is 2.60 bits per heavy atom. The molecule has 2 aromatic rings. The maximum absolute atomic E-state index is 12.6. The van der Waals surface area contributed by atoms with Gasteiger partial charge in [0.15, 0.2) is 9.84 Å². The molecule has 0 N–H and O–H groups in total. The van der Waals surface area contributed by atoms with Crippen molar-refractivity contribution >= 4 is 9.84 Å². The Labute approximate surface area is 112 Å². The van der Waals surface area contributed by atoms with E-state index in [0.29, 0.717) is 0 Å². The molecule has 0 bridgehead atoms. The van der Waals surface area contributed by atoms with E-state index in [9.17, 15) is 21.6 Å². The number of sulfone groups is 1. The molecule has 20 heavy (non-hydrogen) atoms. The Bertz CT molecular complexity index is 723. The van der Waals surface area contributed by atoms with Gasteiger partial charge in [-0.3, -0.25) is 0 Å². The summed E-state index contributed by atoms with van der Waals surface area (Å²) in [6.07, 6.45) is -3.49. The third-order valence-corrected chi connectivity index (χ3v) is 3.07. The third kappa shape index (κ3) is 3.56. The fourth-order valence-electron chi connectivity index (χ4n) is 1.49. The smallest absolute Gasteiger partial charge is 0.338 e. The number of alkyl halides is 3. The summed E-state index contributed by atoms with van der Waals surface area (Å²) in [7, 11) is -3.35. The van der Waals surface area contributed by atoms with Crippen LogP contribution in [0.4, 0.5) is 13.2 Å². The van der Waals surface area contributed by atoms with Gasteiger partial charge in [-0.2, -0.15) is 18.2 Å². The van der Waals surface area contributed by atoms with Gasteiger partial charge in [-0.25, -0.2) is 8.42 Å². The molecule has 0 unspecified atom stereocenters. The number of rotatable bonds is 3. The van der Waals surface area contributed by atoms with Gasteiger partial charge in [0, 0.05) is 11.8 Å². The van der Waals surface area contributed by atoms with Gasteiger partial charge in [0.1, 0.15) is 5.75 Å². The van der Waals surface area contributed by atoms with Gasteiger partial charge in [0.2, 0.25) is 11.7 Å². The molecule has 0 aliphatic rings. The fourth-order valence-corrected chi connectivity index (χ4v) is 2.06.